The van der Waals surface area contributed by atoms with Gasteiger partial charge in [-0.05, 0) is 109 Å². The molecule has 5 heteroatoms. The number of para-hydroxylation sites is 3. The maximum absolute atomic E-state index is 6.46. The van der Waals surface area contributed by atoms with E-state index < -0.39 is 18.3 Å². The molecule has 0 spiro atoms. The molecule has 0 N–H and O–H groups in total. The van der Waals surface area contributed by atoms with Gasteiger partial charge in [-0.2, -0.15) is 0 Å². The monoisotopic (exact) mass is 727 g/mol. The Morgan fingerprint density at radius 3 is 2.04 bits per heavy atom. The Hall–Kier alpha value is -6.14. The van der Waals surface area contributed by atoms with E-state index in [1.807, 2.05) is 12.1 Å². The summed E-state index contributed by atoms with van der Waals surface area (Å²) < 4.78 is 19.4. The zero-order chi connectivity index (χ0) is 38.0. The van der Waals surface area contributed by atoms with Crippen LogP contribution in [-0.4, -0.2) is 18.3 Å². The highest BCUT2D eigenvalue weighted by atomic mass is 16.7. The molecular weight excluding hydrogens is 685 g/mol. The Balaban J connectivity index is 1.09. The van der Waals surface area contributed by atoms with E-state index in [4.69, 9.17) is 13.7 Å². The van der Waals surface area contributed by atoms with Crippen LogP contribution in [0, 0.1) is 0 Å². The molecule has 1 aliphatic heterocycles. The summed E-state index contributed by atoms with van der Waals surface area (Å²) in [6, 6.07) is 54.3. The summed E-state index contributed by atoms with van der Waals surface area (Å²) in [7, 11) is -0.404. The fraction of sp³-hybridized carbons (Fsp3) is 0.137. The Labute approximate surface area is 328 Å². The van der Waals surface area contributed by atoms with Gasteiger partial charge in [-0.1, -0.05) is 133 Å². The van der Waals surface area contributed by atoms with Crippen LogP contribution in [0.2, 0.25) is 0 Å². The molecule has 0 unspecified atom stereocenters. The van der Waals surface area contributed by atoms with E-state index in [-0.39, 0.29) is 0 Å². The number of rotatable bonds is 6. The van der Waals surface area contributed by atoms with Crippen LogP contribution in [-0.2, 0) is 15.7 Å². The van der Waals surface area contributed by atoms with Gasteiger partial charge in [-0.15, -0.1) is 0 Å². The lowest BCUT2D eigenvalue weighted by Crippen LogP contribution is -2.41. The summed E-state index contributed by atoms with van der Waals surface area (Å²) in [6.07, 6.45) is 7.43. The second-order valence-corrected chi connectivity index (χ2v) is 15.9. The zero-order valence-corrected chi connectivity index (χ0v) is 32.1. The Morgan fingerprint density at radius 2 is 1.21 bits per heavy atom. The molecule has 7 aromatic carbocycles. The number of benzene rings is 7. The first-order chi connectivity index (χ1) is 27.2. The van der Waals surface area contributed by atoms with Crippen LogP contribution < -0.4 is 4.90 Å². The molecule has 0 saturated carbocycles. The van der Waals surface area contributed by atoms with Gasteiger partial charge in [0.2, 0.25) is 0 Å². The summed E-state index contributed by atoms with van der Waals surface area (Å²) in [6.45, 7) is 8.42. The number of allylic oxidation sites excluding steroid dienone is 3. The fourth-order valence-corrected chi connectivity index (χ4v) is 8.26. The lowest BCUT2D eigenvalue weighted by molar-refractivity contribution is 0.00578. The van der Waals surface area contributed by atoms with Gasteiger partial charge in [0, 0.05) is 33.3 Å². The van der Waals surface area contributed by atoms with Gasteiger partial charge in [-0.3, -0.25) is 0 Å². The minimum Gasteiger partial charge on any atom is -0.455 e. The van der Waals surface area contributed by atoms with E-state index in [0.29, 0.717) is 0 Å². The van der Waals surface area contributed by atoms with E-state index >= 15 is 0 Å². The van der Waals surface area contributed by atoms with Crippen molar-refractivity contribution >= 4 is 63.0 Å². The van der Waals surface area contributed by atoms with Crippen LogP contribution in [0.5, 0.6) is 0 Å². The first kappa shape index (κ1) is 34.4. The highest BCUT2D eigenvalue weighted by molar-refractivity contribution is 6.55. The third-order valence-electron chi connectivity index (χ3n) is 12.0. The molecule has 0 amide bonds. The molecule has 0 atom stereocenters. The second-order valence-electron chi connectivity index (χ2n) is 15.9. The number of furan rings is 1. The molecule has 1 saturated heterocycles. The van der Waals surface area contributed by atoms with Crippen molar-refractivity contribution in [2.75, 3.05) is 4.90 Å². The summed E-state index contributed by atoms with van der Waals surface area (Å²) in [5.74, 6) is 0. The normalized spacial score (nSPS) is 15.9. The lowest BCUT2D eigenvalue weighted by Gasteiger charge is -2.32. The third kappa shape index (κ3) is 5.78. The largest absolute Gasteiger partial charge is 0.494 e. The maximum Gasteiger partial charge on any atom is 0.494 e. The van der Waals surface area contributed by atoms with Crippen molar-refractivity contribution in [3.8, 4) is 22.3 Å². The maximum atomic E-state index is 6.46. The molecule has 8 aromatic rings. The fourth-order valence-electron chi connectivity index (χ4n) is 8.26. The van der Waals surface area contributed by atoms with Gasteiger partial charge in [0.1, 0.15) is 11.2 Å². The second kappa shape index (κ2) is 13.3. The highest BCUT2D eigenvalue weighted by Gasteiger charge is 2.52. The SMILES string of the molecule is CC1(C)OB(C2=CCc3c(ccc4ccc(N(c5ccc(-c6cccc7c6oc6ccccc67)cc5)c5ccccc5-c5ccccc5)cc34)C=C2)OC1(C)C. The summed E-state index contributed by atoms with van der Waals surface area (Å²) >= 11 is 0. The van der Waals surface area contributed by atoms with E-state index in [1.165, 1.54) is 27.5 Å². The number of hydrogen-bond donors (Lipinski definition) is 0. The van der Waals surface area contributed by atoms with Crippen molar-refractivity contribution in [1.82, 2.24) is 0 Å². The molecule has 4 nitrogen and oxygen atoms in total. The van der Waals surface area contributed by atoms with Crippen molar-refractivity contribution in [1.29, 1.82) is 0 Å². The van der Waals surface area contributed by atoms with Crippen molar-refractivity contribution in [3.63, 3.8) is 0 Å². The molecule has 1 aromatic heterocycles. The first-order valence-corrected chi connectivity index (χ1v) is 19.5. The number of fused-ring (bicyclic) bond motifs is 6. The Morgan fingerprint density at radius 1 is 0.554 bits per heavy atom. The molecule has 2 heterocycles. The summed E-state index contributed by atoms with van der Waals surface area (Å²) in [5.41, 5.74) is 12.3. The molecule has 272 valence electrons. The molecule has 56 heavy (non-hydrogen) atoms. The third-order valence-corrected chi connectivity index (χ3v) is 12.0. The van der Waals surface area contributed by atoms with E-state index in [9.17, 15) is 0 Å². The molecule has 1 aliphatic carbocycles. The van der Waals surface area contributed by atoms with Crippen LogP contribution in [0.1, 0.15) is 38.8 Å². The predicted molar refractivity (Wildman–Crippen MR) is 234 cm³/mol. The van der Waals surface area contributed by atoms with Gasteiger partial charge in [0.25, 0.3) is 0 Å². The first-order valence-electron chi connectivity index (χ1n) is 19.5. The number of nitrogens with zero attached hydrogens (tertiary/aromatic N) is 1. The van der Waals surface area contributed by atoms with Crippen LogP contribution in [0.3, 0.4) is 0 Å². The van der Waals surface area contributed by atoms with Gasteiger partial charge in [0.15, 0.2) is 0 Å². The lowest BCUT2D eigenvalue weighted by atomic mass is 9.77. The van der Waals surface area contributed by atoms with Crippen LogP contribution in [0.25, 0.3) is 61.0 Å². The van der Waals surface area contributed by atoms with Crippen molar-refractivity contribution in [2.24, 2.45) is 0 Å². The van der Waals surface area contributed by atoms with Gasteiger partial charge >= 0.3 is 7.12 Å². The number of anilines is 3. The van der Waals surface area contributed by atoms with Crippen molar-refractivity contribution in [3.05, 3.63) is 180 Å². The molecule has 0 radical (unpaired) electrons. The summed E-state index contributed by atoms with van der Waals surface area (Å²) in [4.78, 5) is 2.39. The van der Waals surface area contributed by atoms with E-state index in [2.05, 4.69) is 190 Å². The van der Waals surface area contributed by atoms with Gasteiger partial charge in [-0.25, -0.2) is 0 Å². The smallest absolute Gasteiger partial charge is 0.455 e. The van der Waals surface area contributed by atoms with Crippen LogP contribution in [0.15, 0.2) is 174 Å². The summed E-state index contributed by atoms with van der Waals surface area (Å²) in [5, 5.41) is 4.70. The van der Waals surface area contributed by atoms with Gasteiger partial charge < -0.3 is 18.6 Å². The average molecular weight is 728 g/mol. The van der Waals surface area contributed by atoms with E-state index in [1.54, 1.807) is 0 Å². The minimum atomic E-state index is -0.404. The molecule has 2 aliphatic rings. The quantitative estimate of drug-likeness (QED) is 0.160. The topological polar surface area (TPSA) is 34.8 Å². The molecule has 0 bridgehead atoms. The zero-order valence-electron chi connectivity index (χ0n) is 32.1. The van der Waals surface area contributed by atoms with Crippen molar-refractivity contribution in [2.45, 2.75) is 45.3 Å². The molecular formula is C51H42BNO3. The van der Waals surface area contributed by atoms with Crippen LogP contribution >= 0.6 is 0 Å². The Bertz CT molecular complexity index is 2830. The van der Waals surface area contributed by atoms with E-state index in [0.717, 1.165) is 67.6 Å². The standard InChI is InChI=1S/C51H42BNO3/c1-50(2)51(3,4)56-52(55-50)38-27-23-35-21-22-37-26-31-40(33-46(37)41(35)32-28-38)53(47-19-10-8-15-42(47)34-13-6-5-7-14-34)39-29-24-36(25-30-39)43-17-12-18-45-44-16-9-11-20-48(44)54-49(43)45/h5-31,33H,32H2,1-4H3. The predicted octanol–water partition coefficient (Wildman–Crippen LogP) is 13.7. The van der Waals surface area contributed by atoms with Crippen molar-refractivity contribution < 1.29 is 13.7 Å². The van der Waals surface area contributed by atoms with Gasteiger partial charge in [0.05, 0.1) is 16.9 Å². The average Bonchev–Trinajstić information content (AvgIpc) is 3.59. The molecule has 10 rings (SSSR count). The molecule has 1 fully saturated rings. The van der Waals surface area contributed by atoms with Crippen LogP contribution in [0.4, 0.5) is 17.1 Å². The number of hydrogen-bond acceptors (Lipinski definition) is 4. The Kier molecular flexibility index (Phi) is 8.14. The highest BCUT2D eigenvalue weighted by Crippen LogP contribution is 2.44. The minimum absolute atomic E-state index is 0.397.